The molecule has 0 atom stereocenters. The van der Waals surface area contributed by atoms with E-state index >= 15 is 0 Å². The Bertz CT molecular complexity index is 2010. The second-order valence-corrected chi connectivity index (χ2v) is 12.7. The lowest BCUT2D eigenvalue weighted by atomic mass is 10.00. The molecule has 208 valence electrons. The summed E-state index contributed by atoms with van der Waals surface area (Å²) in [6.07, 6.45) is 8.44. The number of H-pyrrole nitrogens is 2. The number of halogens is 1. The van der Waals surface area contributed by atoms with Crippen molar-refractivity contribution in [3.63, 3.8) is 0 Å². The van der Waals surface area contributed by atoms with Crippen LogP contribution in [0.2, 0.25) is 0 Å². The molecule has 5 heterocycles. The van der Waals surface area contributed by atoms with Crippen molar-refractivity contribution in [2.24, 2.45) is 0 Å². The largest absolute Gasteiger partial charge is 0.382 e. The maximum atomic E-state index is 14.6. The number of sulfone groups is 1. The molecule has 0 unspecified atom stereocenters. The molecule has 9 nitrogen and oxygen atoms in total. The van der Waals surface area contributed by atoms with Gasteiger partial charge >= 0.3 is 0 Å². The molecule has 0 amide bonds. The lowest BCUT2D eigenvalue weighted by molar-refractivity contribution is 0.600. The molecule has 0 aliphatic heterocycles. The minimum absolute atomic E-state index is 0.0481. The van der Waals surface area contributed by atoms with Crippen molar-refractivity contribution in [1.29, 1.82) is 0 Å². The first-order valence-corrected chi connectivity index (χ1v) is 15.2. The highest BCUT2D eigenvalue weighted by Gasteiger charge is 2.16. The summed E-state index contributed by atoms with van der Waals surface area (Å²) in [5.74, 6) is -0.472. The third kappa shape index (κ3) is 5.66. The Balaban J connectivity index is 1.40. The summed E-state index contributed by atoms with van der Waals surface area (Å²) in [7, 11) is -3.17. The zero-order chi connectivity index (χ0) is 28.7. The normalized spacial score (nSPS) is 12.0. The molecule has 41 heavy (non-hydrogen) atoms. The van der Waals surface area contributed by atoms with Gasteiger partial charge in [-0.3, -0.25) is 10.1 Å². The monoisotopic (exact) mass is 569 g/mol. The van der Waals surface area contributed by atoms with Gasteiger partial charge in [0.05, 0.1) is 22.8 Å². The van der Waals surface area contributed by atoms with Crippen LogP contribution in [0.4, 0.5) is 10.1 Å². The molecular formula is C30H28FN7O2S. The van der Waals surface area contributed by atoms with Gasteiger partial charge in [-0.25, -0.2) is 22.8 Å². The van der Waals surface area contributed by atoms with Crippen LogP contribution in [-0.4, -0.2) is 56.6 Å². The molecule has 0 radical (unpaired) electrons. The molecule has 0 bridgehead atoms. The highest BCUT2D eigenvalue weighted by Crippen LogP contribution is 2.35. The van der Waals surface area contributed by atoms with Crippen molar-refractivity contribution in [3.05, 3.63) is 78.6 Å². The lowest BCUT2D eigenvalue weighted by Crippen LogP contribution is -2.09. The minimum Gasteiger partial charge on any atom is -0.382 e. The fraction of sp³-hybridized carbons (Fsp3) is 0.200. The second kappa shape index (κ2) is 10.4. The number of nitrogens with one attached hydrogen (secondary N) is 3. The predicted octanol–water partition coefficient (Wildman–Crippen LogP) is 5.78. The van der Waals surface area contributed by atoms with Crippen molar-refractivity contribution in [1.82, 2.24) is 30.1 Å². The molecule has 0 fully saturated rings. The van der Waals surface area contributed by atoms with Crippen LogP contribution in [0.25, 0.3) is 55.7 Å². The van der Waals surface area contributed by atoms with Crippen molar-refractivity contribution in [2.75, 3.05) is 17.3 Å². The zero-order valence-electron chi connectivity index (χ0n) is 22.7. The Kier molecular flexibility index (Phi) is 6.74. The van der Waals surface area contributed by atoms with Gasteiger partial charge in [0.1, 0.15) is 21.3 Å². The van der Waals surface area contributed by atoms with Crippen LogP contribution in [0.3, 0.4) is 0 Å². The van der Waals surface area contributed by atoms with Crippen LogP contribution < -0.4 is 5.32 Å². The van der Waals surface area contributed by atoms with Gasteiger partial charge in [0, 0.05) is 59.0 Å². The Morgan fingerprint density at radius 3 is 2.59 bits per heavy atom. The Labute approximate surface area is 236 Å². The highest BCUT2D eigenvalue weighted by molar-refractivity contribution is 7.90. The topological polar surface area (TPSA) is 129 Å². The van der Waals surface area contributed by atoms with Gasteiger partial charge in [-0.05, 0) is 73.4 Å². The molecule has 0 spiro atoms. The van der Waals surface area contributed by atoms with Crippen LogP contribution in [0.15, 0.2) is 67.3 Å². The Hall–Kier alpha value is -4.64. The summed E-state index contributed by atoms with van der Waals surface area (Å²) in [6, 6.07) is 12.8. The summed E-state index contributed by atoms with van der Waals surface area (Å²) in [5, 5.41) is 12.5. The number of pyridine rings is 3. The second-order valence-electron chi connectivity index (χ2n) is 10.5. The molecule has 6 aromatic rings. The first-order chi connectivity index (χ1) is 19.6. The van der Waals surface area contributed by atoms with Gasteiger partial charge in [0.2, 0.25) is 0 Å². The summed E-state index contributed by atoms with van der Waals surface area (Å²) in [6.45, 7) is 4.15. The van der Waals surface area contributed by atoms with Crippen LogP contribution in [0.5, 0.6) is 0 Å². The number of benzene rings is 1. The first kappa shape index (κ1) is 26.6. The van der Waals surface area contributed by atoms with Crippen molar-refractivity contribution < 1.29 is 12.8 Å². The van der Waals surface area contributed by atoms with Crippen molar-refractivity contribution in [3.8, 4) is 33.6 Å². The van der Waals surface area contributed by atoms with E-state index in [1.54, 1.807) is 24.8 Å². The highest BCUT2D eigenvalue weighted by atomic mass is 32.2. The molecule has 5 aromatic heterocycles. The Morgan fingerprint density at radius 2 is 1.78 bits per heavy atom. The molecule has 1 aromatic carbocycles. The van der Waals surface area contributed by atoms with Gasteiger partial charge in [0.15, 0.2) is 5.65 Å². The third-order valence-electron chi connectivity index (χ3n) is 6.77. The van der Waals surface area contributed by atoms with E-state index in [0.29, 0.717) is 22.4 Å². The van der Waals surface area contributed by atoms with Crippen molar-refractivity contribution >= 4 is 37.6 Å². The molecule has 0 aliphatic carbocycles. The fourth-order valence-electron chi connectivity index (χ4n) is 4.94. The first-order valence-electron chi connectivity index (χ1n) is 13.1. The summed E-state index contributed by atoms with van der Waals surface area (Å²) < 4.78 is 37.9. The van der Waals surface area contributed by atoms with E-state index < -0.39 is 15.7 Å². The SMILES string of the molecule is CC(C)Nc1cncc(-c2cnc3n[nH]c(-c4cc5c(-c6cc(F)cc(CCS(C)(=O)=O)c6)ccnc5[nH]4)c3c2)c1. The third-order valence-corrected chi connectivity index (χ3v) is 7.71. The van der Waals surface area contributed by atoms with E-state index in [1.165, 1.54) is 18.4 Å². The molecule has 6 rings (SSSR count). The number of nitrogens with zero attached hydrogens (tertiary/aromatic N) is 4. The van der Waals surface area contributed by atoms with Crippen LogP contribution >= 0.6 is 0 Å². The lowest BCUT2D eigenvalue weighted by Gasteiger charge is -2.10. The number of aromatic amines is 2. The number of fused-ring (bicyclic) bond motifs is 2. The van der Waals surface area contributed by atoms with Gasteiger partial charge in [0.25, 0.3) is 0 Å². The molecular weight excluding hydrogens is 541 g/mol. The molecule has 3 N–H and O–H groups in total. The number of hydrogen-bond acceptors (Lipinski definition) is 7. The van der Waals surface area contributed by atoms with E-state index in [4.69, 9.17) is 0 Å². The number of anilines is 1. The molecule has 0 saturated carbocycles. The summed E-state index contributed by atoms with van der Waals surface area (Å²) in [5.41, 5.74) is 7.49. The van der Waals surface area contributed by atoms with Crippen LogP contribution in [-0.2, 0) is 16.3 Å². The van der Waals surface area contributed by atoms with E-state index in [9.17, 15) is 12.8 Å². The predicted molar refractivity (Wildman–Crippen MR) is 160 cm³/mol. The average molecular weight is 570 g/mol. The van der Waals surface area contributed by atoms with Gasteiger partial charge in [-0.1, -0.05) is 6.07 Å². The van der Waals surface area contributed by atoms with Gasteiger partial charge in [-0.2, -0.15) is 5.10 Å². The van der Waals surface area contributed by atoms with Crippen LogP contribution in [0.1, 0.15) is 19.4 Å². The van der Waals surface area contributed by atoms with Gasteiger partial charge < -0.3 is 10.3 Å². The van der Waals surface area contributed by atoms with Gasteiger partial charge in [-0.15, -0.1) is 0 Å². The van der Waals surface area contributed by atoms with E-state index in [1.807, 2.05) is 30.3 Å². The smallest absolute Gasteiger partial charge is 0.181 e. The quantitative estimate of drug-likeness (QED) is 0.212. The number of rotatable bonds is 8. The van der Waals surface area contributed by atoms with Crippen molar-refractivity contribution in [2.45, 2.75) is 26.3 Å². The van der Waals surface area contributed by atoms with E-state index in [-0.39, 0.29) is 18.2 Å². The number of aromatic nitrogens is 6. The summed E-state index contributed by atoms with van der Waals surface area (Å²) >= 11 is 0. The molecule has 11 heteroatoms. The molecule has 0 saturated heterocycles. The Morgan fingerprint density at radius 1 is 0.951 bits per heavy atom. The van der Waals surface area contributed by atoms with Crippen LogP contribution in [0, 0.1) is 5.82 Å². The van der Waals surface area contributed by atoms with E-state index in [0.717, 1.165) is 44.5 Å². The fourth-order valence-corrected chi connectivity index (χ4v) is 5.55. The minimum atomic E-state index is -3.17. The summed E-state index contributed by atoms with van der Waals surface area (Å²) in [4.78, 5) is 16.8. The maximum absolute atomic E-state index is 14.6. The van der Waals surface area contributed by atoms with E-state index in [2.05, 4.69) is 49.3 Å². The number of aryl methyl sites for hydroxylation is 1. The zero-order valence-corrected chi connectivity index (χ0v) is 23.6. The standard InChI is InChI=1S/C30H28FN7O2S/c1-17(2)35-23-11-20(14-32-16-23)21-12-26-28(37-38-30(26)34-15-21)27-13-25-24(4-6-33-29(25)36-27)19-8-18(9-22(31)10-19)5-7-41(3,39)40/h4,6,8-17,35H,5,7H2,1-3H3,(H,33,36)(H,34,37,38). The average Bonchev–Trinajstić information content (AvgIpc) is 3.54. The maximum Gasteiger partial charge on any atom is 0.181 e. The molecule has 0 aliphatic rings. The number of hydrogen-bond donors (Lipinski definition) is 3.